The summed E-state index contributed by atoms with van der Waals surface area (Å²) in [5, 5.41) is 6.83. The summed E-state index contributed by atoms with van der Waals surface area (Å²) >= 11 is 0. The molecule has 0 aromatic carbocycles. The Balaban J connectivity index is 3.53. The van der Waals surface area contributed by atoms with Gasteiger partial charge in [-0.3, -0.25) is 4.57 Å². The summed E-state index contributed by atoms with van der Waals surface area (Å²) in [5.41, 5.74) is 0.304. The van der Waals surface area contributed by atoms with Crippen LogP contribution in [0, 0.1) is 5.41 Å². The van der Waals surface area contributed by atoms with Gasteiger partial charge in [0.25, 0.3) is 0 Å². The van der Waals surface area contributed by atoms with Crippen LogP contribution in [0.25, 0.3) is 0 Å². The molecule has 4 nitrogen and oxygen atoms in total. The van der Waals surface area contributed by atoms with Gasteiger partial charge in [0.2, 0.25) is 0 Å². The predicted octanol–water partition coefficient (Wildman–Crippen LogP) is 0.594. The first-order valence-electron chi connectivity index (χ1n) is 2.50. The summed E-state index contributed by atoms with van der Waals surface area (Å²) in [4.78, 5) is 16.6. The van der Waals surface area contributed by atoms with Gasteiger partial charge in [0, 0.05) is 5.71 Å². The Morgan fingerprint density at radius 3 is 2.22 bits per heavy atom. The van der Waals surface area contributed by atoms with Gasteiger partial charge in [0.15, 0.2) is 0 Å². The van der Waals surface area contributed by atoms with Gasteiger partial charge in [-0.2, -0.15) is 0 Å². The summed E-state index contributed by atoms with van der Waals surface area (Å²) < 4.78 is 10.1. The van der Waals surface area contributed by atoms with E-state index in [-0.39, 0.29) is 12.6 Å². The summed E-state index contributed by atoms with van der Waals surface area (Å²) in [6, 6.07) is 0. The zero-order valence-corrected chi connectivity index (χ0v) is 6.06. The first-order valence-corrected chi connectivity index (χ1v) is 4.30. The van der Waals surface area contributed by atoms with Crippen molar-refractivity contribution < 1.29 is 14.4 Å². The maximum Gasteiger partial charge on any atom is 0.325 e. The first-order chi connectivity index (χ1) is 3.92. The van der Waals surface area contributed by atoms with E-state index in [2.05, 4.69) is 0 Å². The molecular formula is C4H10NO3P. The standard InChI is InChI=1S/C4H10NO3P/c1-4(5)2-3-9(6,7)8/h5H,2-3H2,1H3,(H2,6,7,8). The Morgan fingerprint density at radius 2 is 2.11 bits per heavy atom. The minimum absolute atomic E-state index is 0.185. The van der Waals surface area contributed by atoms with Gasteiger partial charge in [-0.1, -0.05) is 0 Å². The number of hydrogen-bond acceptors (Lipinski definition) is 2. The molecule has 0 atom stereocenters. The van der Waals surface area contributed by atoms with E-state index in [1.165, 1.54) is 6.92 Å². The lowest BCUT2D eigenvalue weighted by molar-refractivity contribution is 0.373. The van der Waals surface area contributed by atoms with Crippen LogP contribution in [0.4, 0.5) is 0 Å². The fraction of sp³-hybridized carbons (Fsp3) is 0.750. The van der Waals surface area contributed by atoms with Crippen LogP contribution in [0.2, 0.25) is 0 Å². The lowest BCUT2D eigenvalue weighted by Crippen LogP contribution is -1.94. The van der Waals surface area contributed by atoms with Crippen LogP contribution in [0.1, 0.15) is 13.3 Å². The Kier molecular flexibility index (Phi) is 3.04. The van der Waals surface area contributed by atoms with E-state index in [0.29, 0.717) is 5.71 Å². The van der Waals surface area contributed by atoms with E-state index in [9.17, 15) is 4.57 Å². The second-order valence-corrected chi connectivity index (χ2v) is 3.70. The predicted molar refractivity (Wildman–Crippen MR) is 34.9 cm³/mol. The molecule has 0 aliphatic carbocycles. The summed E-state index contributed by atoms with van der Waals surface area (Å²) in [7, 11) is -3.86. The van der Waals surface area contributed by atoms with Crippen molar-refractivity contribution in [3.63, 3.8) is 0 Å². The molecule has 54 valence electrons. The van der Waals surface area contributed by atoms with Crippen LogP contribution < -0.4 is 0 Å². The second-order valence-electron chi connectivity index (χ2n) is 1.92. The van der Waals surface area contributed by atoms with Crippen LogP contribution >= 0.6 is 7.60 Å². The summed E-state index contributed by atoms with van der Waals surface area (Å²) in [6.07, 6.45) is -0.0212. The number of hydrogen-bond donors (Lipinski definition) is 3. The molecule has 0 fully saturated rings. The Bertz CT molecular complexity index is 150. The third kappa shape index (κ3) is 7.82. The maximum atomic E-state index is 10.1. The van der Waals surface area contributed by atoms with E-state index < -0.39 is 7.60 Å². The summed E-state index contributed by atoms with van der Waals surface area (Å²) in [5.74, 6) is 0. The van der Waals surface area contributed by atoms with Gasteiger partial charge >= 0.3 is 7.60 Å². The molecule has 0 saturated carbocycles. The Labute approximate surface area is 53.6 Å². The molecule has 0 saturated heterocycles. The van der Waals surface area contributed by atoms with Gasteiger partial charge in [0.05, 0.1) is 6.16 Å². The summed E-state index contributed by atoms with van der Waals surface area (Å²) in [6.45, 7) is 1.52. The molecule has 0 amide bonds. The van der Waals surface area contributed by atoms with Gasteiger partial charge in [-0.05, 0) is 13.3 Å². The number of rotatable bonds is 3. The van der Waals surface area contributed by atoms with E-state index in [1.807, 2.05) is 0 Å². The van der Waals surface area contributed by atoms with Gasteiger partial charge in [0.1, 0.15) is 0 Å². The quantitative estimate of drug-likeness (QED) is 0.408. The van der Waals surface area contributed by atoms with Crippen molar-refractivity contribution in [3.05, 3.63) is 0 Å². The molecule has 0 radical (unpaired) electrons. The fourth-order valence-electron chi connectivity index (χ4n) is 0.313. The Morgan fingerprint density at radius 1 is 1.67 bits per heavy atom. The van der Waals surface area contributed by atoms with Crippen LogP contribution in [-0.2, 0) is 4.57 Å². The van der Waals surface area contributed by atoms with Crippen molar-refractivity contribution in [2.24, 2.45) is 0 Å². The molecule has 0 aliphatic heterocycles. The molecule has 9 heavy (non-hydrogen) atoms. The minimum Gasteiger partial charge on any atom is -0.324 e. The van der Waals surface area contributed by atoms with E-state index in [1.54, 1.807) is 0 Å². The van der Waals surface area contributed by atoms with Gasteiger partial charge in [-0.15, -0.1) is 0 Å². The van der Waals surface area contributed by atoms with Crippen molar-refractivity contribution in [2.75, 3.05) is 6.16 Å². The maximum absolute atomic E-state index is 10.1. The van der Waals surface area contributed by atoms with Crippen LogP contribution in [0.15, 0.2) is 0 Å². The topological polar surface area (TPSA) is 81.4 Å². The molecule has 0 aliphatic rings. The molecule has 0 rings (SSSR count). The van der Waals surface area contributed by atoms with Crippen molar-refractivity contribution >= 4 is 13.3 Å². The van der Waals surface area contributed by atoms with Crippen LogP contribution in [-0.4, -0.2) is 21.7 Å². The zero-order valence-electron chi connectivity index (χ0n) is 5.16. The van der Waals surface area contributed by atoms with Gasteiger partial charge in [-0.25, -0.2) is 0 Å². The highest BCUT2D eigenvalue weighted by atomic mass is 31.2. The Hall–Kier alpha value is -0.180. The van der Waals surface area contributed by atoms with Crippen LogP contribution in [0.5, 0.6) is 0 Å². The highest BCUT2D eigenvalue weighted by Crippen LogP contribution is 2.34. The highest BCUT2D eigenvalue weighted by molar-refractivity contribution is 7.51. The normalized spacial score (nSPS) is 11.4. The average Bonchev–Trinajstić information content (AvgIpc) is 1.59. The van der Waals surface area contributed by atoms with Gasteiger partial charge < -0.3 is 15.2 Å². The van der Waals surface area contributed by atoms with E-state index >= 15 is 0 Å². The van der Waals surface area contributed by atoms with Crippen LogP contribution in [0.3, 0.4) is 0 Å². The molecule has 0 aromatic heterocycles. The minimum atomic E-state index is -3.86. The molecule has 0 aromatic rings. The average molecular weight is 151 g/mol. The molecule has 5 heteroatoms. The molecule has 0 heterocycles. The molecular weight excluding hydrogens is 141 g/mol. The molecule has 0 unspecified atom stereocenters. The third-order valence-electron chi connectivity index (χ3n) is 0.778. The first kappa shape index (κ1) is 8.82. The fourth-order valence-corrected chi connectivity index (χ4v) is 0.940. The van der Waals surface area contributed by atoms with E-state index in [4.69, 9.17) is 15.2 Å². The SMILES string of the molecule is CC(=N)CCP(=O)(O)O. The molecule has 0 bridgehead atoms. The smallest absolute Gasteiger partial charge is 0.324 e. The monoisotopic (exact) mass is 151 g/mol. The van der Waals surface area contributed by atoms with Crippen molar-refractivity contribution in [1.82, 2.24) is 0 Å². The van der Waals surface area contributed by atoms with E-state index in [0.717, 1.165) is 0 Å². The third-order valence-corrected chi connectivity index (χ3v) is 1.58. The zero-order chi connectivity index (χ0) is 7.49. The van der Waals surface area contributed by atoms with Crippen molar-refractivity contribution in [1.29, 1.82) is 5.41 Å². The molecule has 0 spiro atoms. The number of nitrogens with one attached hydrogen (secondary N) is 1. The second kappa shape index (κ2) is 3.11. The lowest BCUT2D eigenvalue weighted by Gasteiger charge is -2.00. The lowest BCUT2D eigenvalue weighted by atomic mass is 10.3. The van der Waals surface area contributed by atoms with Crippen molar-refractivity contribution in [2.45, 2.75) is 13.3 Å². The van der Waals surface area contributed by atoms with Crippen molar-refractivity contribution in [3.8, 4) is 0 Å². The highest BCUT2D eigenvalue weighted by Gasteiger charge is 2.11. The molecule has 3 N–H and O–H groups in total. The largest absolute Gasteiger partial charge is 0.325 e.